The molecule has 3 fully saturated rings. The highest BCUT2D eigenvalue weighted by molar-refractivity contribution is 5.94. The average Bonchev–Trinajstić information content (AvgIpc) is 3.30. The van der Waals surface area contributed by atoms with Gasteiger partial charge in [0.25, 0.3) is 5.91 Å². The van der Waals surface area contributed by atoms with E-state index in [9.17, 15) is 31.9 Å². The minimum absolute atomic E-state index is 0.0129. The van der Waals surface area contributed by atoms with Crippen molar-refractivity contribution in [1.82, 2.24) is 10.2 Å². The van der Waals surface area contributed by atoms with Crippen LogP contribution < -0.4 is 5.32 Å². The first kappa shape index (κ1) is 34.5. The smallest absolute Gasteiger partial charge is 0.257 e. The number of ether oxygens (including phenoxy) is 2. The minimum Gasteiger partial charge on any atom is -0.392 e. The predicted molar refractivity (Wildman–Crippen MR) is 168 cm³/mol. The van der Waals surface area contributed by atoms with Gasteiger partial charge in [-0.25, -0.2) is 22.0 Å². The molecule has 2 bridgehead atoms. The molecule has 3 aromatic carbocycles. The molecular weight excluding hydrogens is 631 g/mol. The molecule has 2 saturated heterocycles. The van der Waals surface area contributed by atoms with Crippen LogP contribution in [0.25, 0.3) is 0 Å². The molecule has 3 aromatic rings. The lowest BCUT2D eigenvalue weighted by molar-refractivity contribution is -0.276. The van der Waals surface area contributed by atoms with Gasteiger partial charge in [-0.15, -0.1) is 0 Å². The van der Waals surface area contributed by atoms with Crippen LogP contribution in [0, 0.1) is 45.8 Å². The van der Waals surface area contributed by atoms with E-state index in [0.717, 1.165) is 30.6 Å². The number of likely N-dealkylation sites (tertiary alicyclic amines) is 1. The van der Waals surface area contributed by atoms with E-state index in [2.05, 4.69) is 37.9 Å². The molecule has 2 N–H and O–H groups in total. The number of rotatable bonds is 8. The number of hydrogen-bond donors (Lipinski definition) is 2. The van der Waals surface area contributed by atoms with Crippen LogP contribution in [-0.4, -0.2) is 41.1 Å². The van der Waals surface area contributed by atoms with Gasteiger partial charge in [0, 0.05) is 37.2 Å². The van der Waals surface area contributed by atoms with Gasteiger partial charge in [-0.1, -0.05) is 76.2 Å². The summed E-state index contributed by atoms with van der Waals surface area (Å²) in [6.45, 7) is 10.7. The lowest BCUT2D eigenvalue weighted by atomic mass is 9.65. The highest BCUT2D eigenvalue weighted by Crippen LogP contribution is 2.53. The number of carbonyl (C=O) groups excluding carboxylic acids is 1. The van der Waals surface area contributed by atoms with Gasteiger partial charge in [-0.2, -0.15) is 0 Å². The number of nitrogens with zero attached hydrogens (tertiary/aromatic N) is 1. The zero-order valence-electron chi connectivity index (χ0n) is 27.5. The van der Waals surface area contributed by atoms with Crippen molar-refractivity contribution in [2.75, 3.05) is 13.1 Å². The molecule has 1 amide bonds. The molecule has 6 atom stereocenters. The number of aliphatic hydroxyl groups is 1. The monoisotopic (exact) mass is 672 g/mol. The summed E-state index contributed by atoms with van der Waals surface area (Å²) in [5.41, 5.74) is 2.02. The Morgan fingerprint density at radius 1 is 0.854 bits per heavy atom. The summed E-state index contributed by atoms with van der Waals surface area (Å²) >= 11 is 0. The van der Waals surface area contributed by atoms with E-state index in [1.165, 1.54) is 12.8 Å². The minimum atomic E-state index is -2.33. The van der Waals surface area contributed by atoms with E-state index < -0.39 is 46.8 Å². The Morgan fingerprint density at radius 2 is 1.44 bits per heavy atom. The molecule has 48 heavy (non-hydrogen) atoms. The van der Waals surface area contributed by atoms with Gasteiger partial charge in [-0.3, -0.25) is 9.69 Å². The summed E-state index contributed by atoms with van der Waals surface area (Å²) in [6, 6.07) is 15.0. The number of halogens is 5. The van der Waals surface area contributed by atoms with Crippen molar-refractivity contribution in [1.29, 1.82) is 0 Å². The second kappa shape index (κ2) is 13.2. The molecule has 2 unspecified atom stereocenters. The molecule has 0 aromatic heterocycles. The number of amides is 1. The van der Waals surface area contributed by atoms with E-state index in [4.69, 9.17) is 9.47 Å². The zero-order chi connectivity index (χ0) is 34.5. The van der Waals surface area contributed by atoms with Crippen LogP contribution in [0.5, 0.6) is 0 Å². The maximum Gasteiger partial charge on any atom is 0.257 e. The SMILES string of the molecule is C[C@@H]1[C@H](CN2CC3(C)CC2CC(C)(C)C3)O[C@H](c2ccc(CNC(=O)c3c(F)c(F)c(F)c(F)c3F)cc2)O[C@@H]1c1ccc(CO)cc1. The van der Waals surface area contributed by atoms with Crippen molar-refractivity contribution in [2.24, 2.45) is 16.7 Å². The summed E-state index contributed by atoms with van der Waals surface area (Å²) in [5, 5.41) is 11.8. The van der Waals surface area contributed by atoms with Crippen molar-refractivity contribution in [3.63, 3.8) is 0 Å². The second-order valence-electron chi connectivity index (χ2n) is 14.8. The highest BCUT2D eigenvalue weighted by atomic mass is 19.2. The summed E-state index contributed by atoms with van der Waals surface area (Å²) in [7, 11) is 0. The van der Waals surface area contributed by atoms with E-state index in [-0.39, 0.29) is 42.1 Å². The Balaban J connectivity index is 1.19. The Morgan fingerprint density at radius 3 is 2.06 bits per heavy atom. The van der Waals surface area contributed by atoms with Crippen LogP contribution in [0.15, 0.2) is 48.5 Å². The first-order valence-corrected chi connectivity index (χ1v) is 16.3. The molecule has 6 nitrogen and oxygen atoms in total. The summed E-state index contributed by atoms with van der Waals surface area (Å²) in [4.78, 5) is 15.0. The van der Waals surface area contributed by atoms with Gasteiger partial charge in [0.2, 0.25) is 5.82 Å². The standard InChI is InChI=1S/C37H41F5N2O4/c1-20-26(16-44-19-37(4)14-25(44)13-36(2,3)18-37)47-35(48-33(20)23-9-7-22(17-45)8-10-23)24-11-5-21(6-12-24)15-43-34(46)27-28(38)30(40)32(42)31(41)29(27)39/h5-12,20,25-26,33,35,45H,13-19H2,1-4H3,(H,43,46)/t20-,25?,26+,33+,35+,37?/m1/s1. The predicted octanol–water partition coefficient (Wildman–Crippen LogP) is 7.50. The van der Waals surface area contributed by atoms with E-state index in [1.807, 2.05) is 24.3 Å². The largest absolute Gasteiger partial charge is 0.392 e. The molecule has 3 aliphatic rings. The van der Waals surface area contributed by atoms with Gasteiger partial charge < -0.3 is 19.9 Å². The summed E-state index contributed by atoms with van der Waals surface area (Å²) in [6.07, 6.45) is 2.32. The number of nitrogens with one attached hydrogen (secondary N) is 1. The van der Waals surface area contributed by atoms with E-state index in [0.29, 0.717) is 17.2 Å². The Hall–Kier alpha value is -3.38. The summed E-state index contributed by atoms with van der Waals surface area (Å²) in [5.74, 6) is -12.5. The van der Waals surface area contributed by atoms with Crippen LogP contribution in [0.2, 0.25) is 0 Å². The van der Waals surface area contributed by atoms with Crippen molar-refractivity contribution >= 4 is 5.91 Å². The van der Waals surface area contributed by atoms with Crippen LogP contribution in [0.4, 0.5) is 22.0 Å². The van der Waals surface area contributed by atoms with Crippen molar-refractivity contribution < 1.29 is 41.3 Å². The first-order valence-electron chi connectivity index (χ1n) is 16.3. The van der Waals surface area contributed by atoms with Gasteiger partial charge in [0.05, 0.1) is 18.8 Å². The highest BCUT2D eigenvalue weighted by Gasteiger charge is 2.51. The Bertz CT molecular complexity index is 1640. The fourth-order valence-electron chi connectivity index (χ4n) is 8.22. The number of hydrogen-bond acceptors (Lipinski definition) is 5. The van der Waals surface area contributed by atoms with E-state index in [1.54, 1.807) is 24.3 Å². The molecule has 1 aliphatic carbocycles. The van der Waals surface area contributed by atoms with E-state index >= 15 is 0 Å². The molecule has 11 heteroatoms. The molecule has 1 saturated carbocycles. The molecule has 2 heterocycles. The fourth-order valence-corrected chi connectivity index (χ4v) is 8.22. The molecule has 2 aliphatic heterocycles. The van der Waals surface area contributed by atoms with Crippen molar-refractivity contribution in [2.45, 2.75) is 84.6 Å². The topological polar surface area (TPSA) is 71.0 Å². The quantitative estimate of drug-likeness (QED) is 0.147. The number of aliphatic hydroxyl groups excluding tert-OH is 1. The molecule has 258 valence electrons. The first-order chi connectivity index (χ1) is 22.7. The Labute approximate surface area is 277 Å². The molecule has 0 radical (unpaired) electrons. The lowest BCUT2D eigenvalue weighted by Crippen LogP contribution is -2.46. The third kappa shape index (κ3) is 6.75. The molecule has 0 spiro atoms. The number of carbonyl (C=O) groups is 1. The summed E-state index contributed by atoms with van der Waals surface area (Å²) < 4.78 is 82.1. The van der Waals surface area contributed by atoms with Crippen molar-refractivity contribution in [3.8, 4) is 0 Å². The van der Waals surface area contributed by atoms with Gasteiger partial charge in [0.1, 0.15) is 5.56 Å². The molecule has 6 rings (SSSR count). The maximum atomic E-state index is 14.1. The van der Waals surface area contributed by atoms with Gasteiger partial charge in [-0.05, 0) is 46.8 Å². The maximum absolute atomic E-state index is 14.1. The van der Waals surface area contributed by atoms with Gasteiger partial charge in [0.15, 0.2) is 29.6 Å². The lowest BCUT2D eigenvalue weighted by Gasteiger charge is -2.43. The average molecular weight is 673 g/mol. The van der Waals surface area contributed by atoms with Crippen LogP contribution >= 0.6 is 0 Å². The third-order valence-corrected chi connectivity index (χ3v) is 10.2. The van der Waals surface area contributed by atoms with Crippen LogP contribution in [0.1, 0.15) is 92.0 Å². The zero-order valence-corrected chi connectivity index (χ0v) is 27.5. The molecular formula is C37H41F5N2O4. The third-order valence-electron chi connectivity index (χ3n) is 10.2. The second-order valence-corrected chi connectivity index (χ2v) is 14.8. The number of fused-ring (bicyclic) bond motifs is 2. The van der Waals surface area contributed by atoms with Crippen LogP contribution in [-0.2, 0) is 22.6 Å². The van der Waals surface area contributed by atoms with Gasteiger partial charge >= 0.3 is 0 Å². The number of benzene rings is 3. The fraction of sp³-hybridized carbons (Fsp3) is 0.486. The normalized spacial score (nSPS) is 28.4. The van der Waals surface area contributed by atoms with Crippen LogP contribution in [0.3, 0.4) is 0 Å². The Kier molecular flexibility index (Phi) is 9.45. The van der Waals surface area contributed by atoms with Crippen molar-refractivity contribution in [3.05, 3.63) is 105 Å².